The Kier molecular flexibility index (Phi) is 6.03. The number of fused-ring (bicyclic) bond motifs is 2. The Morgan fingerprint density at radius 3 is 2.74 bits per heavy atom. The molecule has 0 bridgehead atoms. The molecule has 0 radical (unpaired) electrons. The largest absolute Gasteiger partial charge is 0.497 e. The molecule has 0 saturated carbocycles. The standard InChI is InChI=1S/C26H25FN4O3/c1-33-20-10-11-21-24(17-20)34-23-9-3-2-8-22(23)29-25(21)30-12-5-13-31(15-14-30)26(32)28-19-7-4-6-18(27)16-19/h2-4,6-11,16-17H,5,12-15H2,1H3,(H,28,32). The zero-order valence-electron chi connectivity index (χ0n) is 18.8. The van der Waals surface area contributed by atoms with Gasteiger partial charge in [0.05, 0.1) is 12.7 Å². The Bertz CT molecular complexity index is 1250. The maximum absolute atomic E-state index is 13.5. The van der Waals surface area contributed by atoms with Gasteiger partial charge >= 0.3 is 6.03 Å². The van der Waals surface area contributed by atoms with Crippen LogP contribution >= 0.6 is 0 Å². The van der Waals surface area contributed by atoms with Gasteiger partial charge < -0.3 is 24.6 Å². The number of halogens is 1. The monoisotopic (exact) mass is 460 g/mol. The Morgan fingerprint density at radius 1 is 1.00 bits per heavy atom. The number of rotatable bonds is 2. The third-order valence-electron chi connectivity index (χ3n) is 5.90. The number of benzene rings is 3. The highest BCUT2D eigenvalue weighted by molar-refractivity contribution is 6.04. The molecule has 8 heteroatoms. The van der Waals surface area contributed by atoms with Gasteiger partial charge in [-0.05, 0) is 48.9 Å². The van der Waals surface area contributed by atoms with Gasteiger partial charge in [-0.25, -0.2) is 14.2 Å². The minimum atomic E-state index is -0.385. The smallest absolute Gasteiger partial charge is 0.321 e. The zero-order valence-corrected chi connectivity index (χ0v) is 18.8. The molecule has 1 saturated heterocycles. The number of nitrogens with one attached hydrogen (secondary N) is 1. The molecule has 0 spiro atoms. The van der Waals surface area contributed by atoms with E-state index in [0.717, 1.165) is 30.1 Å². The summed E-state index contributed by atoms with van der Waals surface area (Å²) in [4.78, 5) is 21.7. The van der Waals surface area contributed by atoms with Crippen molar-refractivity contribution in [1.29, 1.82) is 0 Å². The van der Waals surface area contributed by atoms with Crippen molar-refractivity contribution in [2.24, 2.45) is 4.99 Å². The fourth-order valence-electron chi connectivity index (χ4n) is 4.17. The molecular formula is C26H25FN4O3. The van der Waals surface area contributed by atoms with Crippen LogP contribution in [0.1, 0.15) is 12.0 Å². The lowest BCUT2D eigenvalue weighted by Gasteiger charge is -2.25. The number of carbonyl (C=O) groups excluding carboxylic acids is 1. The molecule has 1 fully saturated rings. The normalized spacial score (nSPS) is 15.2. The number of ether oxygens (including phenoxy) is 2. The first kappa shape index (κ1) is 21.8. The van der Waals surface area contributed by atoms with Crippen molar-refractivity contribution >= 4 is 23.2 Å². The average molecular weight is 461 g/mol. The summed E-state index contributed by atoms with van der Waals surface area (Å²) in [7, 11) is 1.62. The molecule has 2 heterocycles. The predicted octanol–water partition coefficient (Wildman–Crippen LogP) is 5.26. The molecule has 7 nitrogen and oxygen atoms in total. The Balaban J connectivity index is 1.39. The number of para-hydroxylation sites is 2. The van der Waals surface area contributed by atoms with E-state index in [0.29, 0.717) is 42.6 Å². The van der Waals surface area contributed by atoms with Gasteiger partial charge in [0.15, 0.2) is 5.75 Å². The maximum atomic E-state index is 13.5. The summed E-state index contributed by atoms with van der Waals surface area (Å²) in [5.41, 5.74) is 2.06. The number of amidine groups is 1. The molecule has 0 aromatic heterocycles. The first-order chi connectivity index (χ1) is 16.6. The van der Waals surface area contributed by atoms with E-state index in [4.69, 9.17) is 14.5 Å². The molecule has 1 N–H and O–H groups in total. The molecule has 3 aromatic carbocycles. The highest BCUT2D eigenvalue weighted by Gasteiger charge is 2.26. The first-order valence-electron chi connectivity index (χ1n) is 11.2. The van der Waals surface area contributed by atoms with Crippen LogP contribution in [0.2, 0.25) is 0 Å². The SMILES string of the molecule is COc1ccc2c(c1)Oc1ccccc1N=C2N1CCCN(C(=O)Nc2cccc(F)c2)CC1. The van der Waals surface area contributed by atoms with Crippen molar-refractivity contribution in [3.8, 4) is 17.2 Å². The van der Waals surface area contributed by atoms with Crippen LogP contribution < -0.4 is 14.8 Å². The predicted molar refractivity (Wildman–Crippen MR) is 129 cm³/mol. The van der Waals surface area contributed by atoms with E-state index in [1.165, 1.54) is 12.1 Å². The van der Waals surface area contributed by atoms with Crippen molar-refractivity contribution in [2.45, 2.75) is 6.42 Å². The minimum absolute atomic E-state index is 0.242. The van der Waals surface area contributed by atoms with E-state index >= 15 is 0 Å². The van der Waals surface area contributed by atoms with Gasteiger partial charge in [0.1, 0.15) is 28.8 Å². The number of aliphatic imine (C=N–C) groups is 1. The second kappa shape index (κ2) is 9.43. The summed E-state index contributed by atoms with van der Waals surface area (Å²) in [6.07, 6.45) is 0.767. The quantitative estimate of drug-likeness (QED) is 0.567. The van der Waals surface area contributed by atoms with Crippen LogP contribution in [0.4, 0.5) is 20.6 Å². The van der Waals surface area contributed by atoms with Gasteiger partial charge in [-0.1, -0.05) is 18.2 Å². The van der Waals surface area contributed by atoms with Gasteiger partial charge in [-0.3, -0.25) is 0 Å². The topological polar surface area (TPSA) is 66.4 Å². The molecule has 5 rings (SSSR count). The van der Waals surface area contributed by atoms with Gasteiger partial charge in [-0.15, -0.1) is 0 Å². The van der Waals surface area contributed by atoms with Gasteiger partial charge in [0, 0.05) is 37.9 Å². The van der Waals surface area contributed by atoms with Crippen LogP contribution in [0.15, 0.2) is 71.7 Å². The molecule has 3 aromatic rings. The highest BCUT2D eigenvalue weighted by Crippen LogP contribution is 2.39. The number of hydrogen-bond acceptors (Lipinski definition) is 5. The van der Waals surface area contributed by atoms with E-state index in [1.807, 2.05) is 42.5 Å². The molecule has 2 aliphatic rings. The van der Waals surface area contributed by atoms with Crippen LogP contribution in [-0.4, -0.2) is 55.0 Å². The summed E-state index contributed by atoms with van der Waals surface area (Å²) in [5.74, 6) is 2.47. The zero-order chi connectivity index (χ0) is 23.5. The molecule has 2 amide bonds. The fraction of sp³-hybridized carbons (Fsp3) is 0.231. The fourth-order valence-corrected chi connectivity index (χ4v) is 4.17. The third-order valence-corrected chi connectivity index (χ3v) is 5.90. The van der Waals surface area contributed by atoms with E-state index in [1.54, 1.807) is 24.1 Å². The number of carbonyl (C=O) groups is 1. The van der Waals surface area contributed by atoms with Crippen molar-refractivity contribution in [3.63, 3.8) is 0 Å². The molecule has 34 heavy (non-hydrogen) atoms. The van der Waals surface area contributed by atoms with Crippen LogP contribution in [-0.2, 0) is 0 Å². The summed E-state index contributed by atoms with van der Waals surface area (Å²) in [6, 6.07) is 19.1. The van der Waals surface area contributed by atoms with Crippen molar-refractivity contribution in [2.75, 3.05) is 38.6 Å². The second-order valence-electron chi connectivity index (χ2n) is 8.14. The van der Waals surface area contributed by atoms with E-state index in [9.17, 15) is 9.18 Å². The second-order valence-corrected chi connectivity index (χ2v) is 8.14. The lowest BCUT2D eigenvalue weighted by molar-refractivity contribution is 0.214. The molecule has 2 aliphatic heterocycles. The number of anilines is 1. The summed E-state index contributed by atoms with van der Waals surface area (Å²) >= 11 is 0. The Hall–Kier alpha value is -4.07. The number of hydrogen-bond donors (Lipinski definition) is 1. The molecule has 0 aliphatic carbocycles. The number of amides is 2. The van der Waals surface area contributed by atoms with Gasteiger partial charge in [0.2, 0.25) is 0 Å². The van der Waals surface area contributed by atoms with Crippen LogP contribution in [0.25, 0.3) is 0 Å². The average Bonchev–Trinajstić information content (AvgIpc) is 3.18. The van der Waals surface area contributed by atoms with Gasteiger partial charge in [-0.2, -0.15) is 0 Å². The molecular weight excluding hydrogens is 435 g/mol. The number of urea groups is 1. The Labute approximate surface area is 197 Å². The number of methoxy groups -OCH3 is 1. The van der Waals surface area contributed by atoms with Crippen LogP contribution in [0.3, 0.4) is 0 Å². The molecule has 174 valence electrons. The Morgan fingerprint density at radius 2 is 1.88 bits per heavy atom. The first-order valence-corrected chi connectivity index (χ1v) is 11.2. The summed E-state index contributed by atoms with van der Waals surface area (Å²) in [5, 5.41) is 2.79. The summed E-state index contributed by atoms with van der Waals surface area (Å²) in [6.45, 7) is 2.43. The highest BCUT2D eigenvalue weighted by atomic mass is 19.1. The number of nitrogens with zero attached hydrogens (tertiary/aromatic N) is 3. The van der Waals surface area contributed by atoms with Crippen molar-refractivity contribution in [1.82, 2.24) is 9.80 Å². The van der Waals surface area contributed by atoms with E-state index < -0.39 is 0 Å². The maximum Gasteiger partial charge on any atom is 0.321 e. The van der Waals surface area contributed by atoms with Crippen molar-refractivity contribution in [3.05, 3.63) is 78.1 Å². The van der Waals surface area contributed by atoms with Crippen LogP contribution in [0.5, 0.6) is 17.2 Å². The summed E-state index contributed by atoms with van der Waals surface area (Å²) < 4.78 is 25.1. The van der Waals surface area contributed by atoms with Gasteiger partial charge in [0.25, 0.3) is 0 Å². The third kappa shape index (κ3) is 4.52. The lowest BCUT2D eigenvalue weighted by atomic mass is 10.1. The molecule has 0 atom stereocenters. The van der Waals surface area contributed by atoms with E-state index in [-0.39, 0.29) is 11.8 Å². The van der Waals surface area contributed by atoms with Crippen molar-refractivity contribution < 1.29 is 18.7 Å². The molecule has 0 unspecified atom stereocenters. The van der Waals surface area contributed by atoms with Crippen LogP contribution in [0, 0.1) is 5.82 Å². The lowest BCUT2D eigenvalue weighted by Crippen LogP contribution is -2.39. The van der Waals surface area contributed by atoms with E-state index in [2.05, 4.69) is 10.2 Å². The minimum Gasteiger partial charge on any atom is -0.497 e.